The summed E-state index contributed by atoms with van der Waals surface area (Å²) in [7, 11) is 0. The number of rotatable bonds is 3. The number of hydrogen-bond donors (Lipinski definition) is 2. The first-order valence-electron chi connectivity index (χ1n) is 5.89. The fraction of sp³-hybridized carbons (Fsp3) is 0. The third kappa shape index (κ3) is 2.39. The molecule has 2 N–H and O–H groups in total. The van der Waals surface area contributed by atoms with Crippen molar-refractivity contribution < 1.29 is 9.90 Å². The zero-order valence-electron chi connectivity index (χ0n) is 10.3. The van der Waals surface area contributed by atoms with Crippen molar-refractivity contribution in [2.24, 2.45) is 0 Å². The number of carbonyl (C=O) groups is 1. The van der Waals surface area contributed by atoms with Crippen LogP contribution in [0.4, 0.5) is 11.5 Å². The van der Waals surface area contributed by atoms with Gasteiger partial charge in [-0.05, 0) is 24.3 Å². The molecule has 0 aliphatic heterocycles. The first-order chi connectivity index (χ1) is 9.72. The molecular weight excluding hydrogens is 256 g/mol. The van der Waals surface area contributed by atoms with Gasteiger partial charge < -0.3 is 10.4 Å². The Hall–Kier alpha value is -3.02. The number of aromatic nitrogens is 3. The zero-order chi connectivity index (χ0) is 13.9. The molecule has 0 fully saturated rings. The van der Waals surface area contributed by atoms with Gasteiger partial charge in [-0.2, -0.15) is 0 Å². The minimum absolute atomic E-state index is 0.0996. The van der Waals surface area contributed by atoms with E-state index in [-0.39, 0.29) is 5.69 Å². The number of nitrogens with zero attached hydrogens (tertiary/aromatic N) is 3. The molecule has 0 bridgehead atoms. The topological polar surface area (TPSA) is 88.0 Å². The molecule has 0 aliphatic carbocycles. The van der Waals surface area contributed by atoms with Gasteiger partial charge in [0, 0.05) is 17.3 Å². The lowest BCUT2D eigenvalue weighted by Crippen LogP contribution is -2.03. The molecule has 0 spiro atoms. The number of aromatic carboxylic acids is 1. The third-order valence-corrected chi connectivity index (χ3v) is 2.73. The van der Waals surface area contributed by atoms with Gasteiger partial charge in [0.05, 0.1) is 17.9 Å². The molecule has 3 aromatic rings. The predicted molar refractivity (Wildman–Crippen MR) is 74.0 cm³/mol. The van der Waals surface area contributed by atoms with Crippen LogP contribution in [-0.4, -0.2) is 26.0 Å². The van der Waals surface area contributed by atoms with Crippen LogP contribution >= 0.6 is 0 Å². The van der Waals surface area contributed by atoms with Crippen LogP contribution in [0.5, 0.6) is 0 Å². The average Bonchev–Trinajstić information content (AvgIpc) is 2.47. The number of nitrogens with one attached hydrogen (secondary N) is 1. The van der Waals surface area contributed by atoms with Crippen molar-refractivity contribution in [1.29, 1.82) is 0 Å². The highest BCUT2D eigenvalue weighted by Crippen LogP contribution is 2.19. The van der Waals surface area contributed by atoms with E-state index < -0.39 is 5.97 Å². The molecule has 0 aliphatic rings. The van der Waals surface area contributed by atoms with Gasteiger partial charge in [-0.25, -0.2) is 9.78 Å². The summed E-state index contributed by atoms with van der Waals surface area (Å²) in [5.74, 6) is -0.725. The quantitative estimate of drug-likeness (QED) is 0.757. The lowest BCUT2D eigenvalue weighted by Gasteiger charge is -2.06. The fourth-order valence-electron chi connectivity index (χ4n) is 1.83. The van der Waals surface area contributed by atoms with Crippen LogP contribution in [0.3, 0.4) is 0 Å². The largest absolute Gasteiger partial charge is 0.476 e. The Balaban J connectivity index is 1.92. The Morgan fingerprint density at radius 1 is 1.20 bits per heavy atom. The van der Waals surface area contributed by atoms with E-state index in [1.807, 2.05) is 30.3 Å². The van der Waals surface area contributed by atoms with E-state index in [1.54, 1.807) is 6.20 Å². The normalized spacial score (nSPS) is 10.4. The molecule has 6 heteroatoms. The van der Waals surface area contributed by atoms with Crippen molar-refractivity contribution in [3.63, 3.8) is 0 Å². The second-order valence-electron chi connectivity index (χ2n) is 4.13. The first-order valence-corrected chi connectivity index (χ1v) is 5.89. The van der Waals surface area contributed by atoms with Crippen LogP contribution in [0, 0.1) is 0 Å². The van der Waals surface area contributed by atoms with E-state index in [4.69, 9.17) is 5.11 Å². The summed E-state index contributed by atoms with van der Waals surface area (Å²) < 4.78 is 0. The lowest BCUT2D eigenvalue weighted by atomic mass is 10.2. The minimum atomic E-state index is -1.11. The first kappa shape index (κ1) is 12.0. The van der Waals surface area contributed by atoms with Crippen molar-refractivity contribution in [1.82, 2.24) is 15.0 Å². The Labute approximate surface area is 114 Å². The number of pyridine rings is 1. The molecule has 1 aromatic carbocycles. The van der Waals surface area contributed by atoms with Gasteiger partial charge in [-0.3, -0.25) is 9.97 Å². The SMILES string of the molecule is O=C(O)c1cncc(Nc2ccc3ncccc3c2)n1. The number of carboxylic acids is 1. The number of hydrogen-bond acceptors (Lipinski definition) is 5. The molecule has 0 radical (unpaired) electrons. The van der Waals surface area contributed by atoms with Gasteiger partial charge in [0.1, 0.15) is 5.82 Å². The monoisotopic (exact) mass is 266 g/mol. The summed E-state index contributed by atoms with van der Waals surface area (Å²) in [6, 6.07) is 9.46. The molecule has 2 heterocycles. The number of fused-ring (bicyclic) bond motifs is 1. The summed E-state index contributed by atoms with van der Waals surface area (Å²) in [6.45, 7) is 0. The molecular formula is C14H10N4O2. The van der Waals surface area contributed by atoms with Gasteiger partial charge in [0.25, 0.3) is 0 Å². The molecule has 0 unspecified atom stereocenters. The molecule has 6 nitrogen and oxygen atoms in total. The number of anilines is 2. The van der Waals surface area contributed by atoms with Crippen molar-refractivity contribution in [3.8, 4) is 0 Å². The summed E-state index contributed by atoms with van der Waals surface area (Å²) >= 11 is 0. The smallest absolute Gasteiger partial charge is 0.356 e. The van der Waals surface area contributed by atoms with Crippen LogP contribution < -0.4 is 5.32 Å². The highest BCUT2D eigenvalue weighted by Gasteiger charge is 2.06. The standard InChI is InChI=1S/C14H10N4O2/c19-14(20)12-7-15-8-13(18-12)17-10-3-4-11-9(6-10)2-1-5-16-11/h1-8H,(H,17,18)(H,19,20). The molecule has 0 amide bonds. The van der Waals surface area contributed by atoms with E-state index >= 15 is 0 Å². The Morgan fingerprint density at radius 3 is 2.95 bits per heavy atom. The highest BCUT2D eigenvalue weighted by molar-refractivity contribution is 5.86. The van der Waals surface area contributed by atoms with E-state index in [2.05, 4.69) is 20.3 Å². The number of benzene rings is 1. The molecule has 98 valence electrons. The highest BCUT2D eigenvalue weighted by atomic mass is 16.4. The van der Waals surface area contributed by atoms with Crippen LogP contribution in [0.1, 0.15) is 10.5 Å². The van der Waals surface area contributed by atoms with E-state index in [1.165, 1.54) is 12.4 Å². The number of carboxylic acid groups (broad SMARTS) is 1. The summed E-state index contributed by atoms with van der Waals surface area (Å²) in [5, 5.41) is 12.9. The van der Waals surface area contributed by atoms with Crippen molar-refractivity contribution in [3.05, 3.63) is 54.6 Å². The molecule has 3 rings (SSSR count). The Kier molecular flexibility index (Phi) is 2.96. The average molecular weight is 266 g/mol. The zero-order valence-corrected chi connectivity index (χ0v) is 10.3. The van der Waals surface area contributed by atoms with Gasteiger partial charge >= 0.3 is 5.97 Å². The van der Waals surface area contributed by atoms with Crippen LogP contribution in [0.2, 0.25) is 0 Å². The van der Waals surface area contributed by atoms with Gasteiger partial charge in [-0.15, -0.1) is 0 Å². The van der Waals surface area contributed by atoms with Crippen LogP contribution in [0.25, 0.3) is 10.9 Å². The minimum Gasteiger partial charge on any atom is -0.476 e. The van der Waals surface area contributed by atoms with Gasteiger partial charge in [0.2, 0.25) is 0 Å². The third-order valence-electron chi connectivity index (χ3n) is 2.73. The van der Waals surface area contributed by atoms with Gasteiger partial charge in [-0.1, -0.05) is 6.07 Å². The van der Waals surface area contributed by atoms with E-state index in [0.29, 0.717) is 5.82 Å². The van der Waals surface area contributed by atoms with Crippen molar-refractivity contribution >= 4 is 28.4 Å². The van der Waals surface area contributed by atoms with Crippen LogP contribution in [-0.2, 0) is 0 Å². The molecule has 0 atom stereocenters. The summed E-state index contributed by atoms with van der Waals surface area (Å²) in [6.07, 6.45) is 4.41. The molecule has 0 saturated carbocycles. The second kappa shape index (κ2) is 4.93. The van der Waals surface area contributed by atoms with Crippen LogP contribution in [0.15, 0.2) is 48.9 Å². The maximum absolute atomic E-state index is 10.8. The van der Waals surface area contributed by atoms with E-state index in [9.17, 15) is 4.79 Å². The Morgan fingerprint density at radius 2 is 2.10 bits per heavy atom. The summed E-state index contributed by atoms with van der Waals surface area (Å²) in [4.78, 5) is 22.9. The summed E-state index contributed by atoms with van der Waals surface area (Å²) in [5.41, 5.74) is 1.59. The van der Waals surface area contributed by atoms with E-state index in [0.717, 1.165) is 16.6 Å². The second-order valence-corrected chi connectivity index (χ2v) is 4.13. The van der Waals surface area contributed by atoms with Crippen molar-refractivity contribution in [2.75, 3.05) is 5.32 Å². The molecule has 2 aromatic heterocycles. The molecule has 0 saturated heterocycles. The fourth-order valence-corrected chi connectivity index (χ4v) is 1.83. The lowest BCUT2D eigenvalue weighted by molar-refractivity contribution is 0.0690. The Bertz CT molecular complexity index is 789. The van der Waals surface area contributed by atoms with Gasteiger partial charge in [0.15, 0.2) is 5.69 Å². The molecule has 20 heavy (non-hydrogen) atoms. The predicted octanol–water partition coefficient (Wildman–Crippen LogP) is 2.47. The maximum atomic E-state index is 10.8. The maximum Gasteiger partial charge on any atom is 0.356 e. The van der Waals surface area contributed by atoms with Crippen molar-refractivity contribution in [2.45, 2.75) is 0 Å².